The summed E-state index contributed by atoms with van der Waals surface area (Å²) in [6.07, 6.45) is 9.25. The van der Waals surface area contributed by atoms with E-state index in [-0.39, 0.29) is 17.8 Å². The van der Waals surface area contributed by atoms with Crippen LogP contribution >= 0.6 is 0 Å². The van der Waals surface area contributed by atoms with Crippen molar-refractivity contribution in [2.45, 2.75) is 57.8 Å². The second-order valence-electron chi connectivity index (χ2n) is 9.83. The number of hydrogen-bond acceptors (Lipinski definition) is 4. The summed E-state index contributed by atoms with van der Waals surface area (Å²) in [5.74, 6) is 2.08. The van der Waals surface area contributed by atoms with Gasteiger partial charge in [-0.15, -0.1) is 0 Å². The Labute approximate surface area is 196 Å². The van der Waals surface area contributed by atoms with E-state index in [4.69, 9.17) is 15.1 Å². The Balaban J connectivity index is 1.23. The standard InChI is InChI=1S/C27H34N2O4/c28-17-19-1-3-23(4-2-19)26(30)24-7-5-21(6-8-24)22-9-11-25(12-10-22)33-18-20-13-15-29(16-14-20)27(31)32/h5,9-12,19-20,23-24H,1-4,6-8,13-16,18H2,(H,31,32). The first-order chi connectivity index (χ1) is 16.0. The van der Waals surface area contributed by atoms with Crippen LogP contribution in [-0.2, 0) is 4.79 Å². The van der Waals surface area contributed by atoms with E-state index < -0.39 is 6.09 Å². The van der Waals surface area contributed by atoms with Gasteiger partial charge in [0.2, 0.25) is 0 Å². The van der Waals surface area contributed by atoms with Crippen LogP contribution in [0.4, 0.5) is 4.79 Å². The zero-order valence-electron chi connectivity index (χ0n) is 19.2. The molecule has 0 bridgehead atoms. The molecule has 0 aromatic heterocycles. The summed E-state index contributed by atoms with van der Waals surface area (Å²) >= 11 is 0. The van der Waals surface area contributed by atoms with E-state index >= 15 is 0 Å². The fraction of sp³-hybridized carbons (Fsp3) is 0.593. The van der Waals surface area contributed by atoms with Crippen LogP contribution in [0.1, 0.15) is 63.4 Å². The number of carbonyl (C=O) groups excluding carboxylic acids is 1. The summed E-state index contributed by atoms with van der Waals surface area (Å²) in [6.45, 7) is 1.79. The molecule has 1 N–H and O–H groups in total. The van der Waals surface area contributed by atoms with Crippen LogP contribution < -0.4 is 4.74 Å². The maximum Gasteiger partial charge on any atom is 0.407 e. The van der Waals surface area contributed by atoms with E-state index in [0.717, 1.165) is 63.5 Å². The van der Waals surface area contributed by atoms with E-state index in [9.17, 15) is 9.59 Å². The number of rotatable bonds is 6. The van der Waals surface area contributed by atoms with Gasteiger partial charge in [-0.2, -0.15) is 5.26 Å². The van der Waals surface area contributed by atoms with E-state index in [1.165, 1.54) is 16.0 Å². The first kappa shape index (κ1) is 23.4. The zero-order chi connectivity index (χ0) is 23.2. The molecule has 1 atom stereocenters. The Morgan fingerprint density at radius 1 is 1.00 bits per heavy atom. The molecule has 1 amide bonds. The summed E-state index contributed by atoms with van der Waals surface area (Å²) in [4.78, 5) is 25.4. The predicted molar refractivity (Wildman–Crippen MR) is 126 cm³/mol. The van der Waals surface area contributed by atoms with Crippen molar-refractivity contribution in [1.82, 2.24) is 4.90 Å². The number of Topliss-reactive ketones (excluding diaryl/α,β-unsaturated/α-hetero) is 1. The molecule has 4 rings (SSSR count). The first-order valence-electron chi connectivity index (χ1n) is 12.4. The Morgan fingerprint density at radius 2 is 1.70 bits per heavy atom. The number of carbonyl (C=O) groups is 2. The van der Waals surface area contributed by atoms with Crippen molar-refractivity contribution in [3.8, 4) is 11.8 Å². The Bertz CT molecular complexity index is 901. The van der Waals surface area contributed by atoms with Gasteiger partial charge in [0.15, 0.2) is 0 Å². The maximum atomic E-state index is 12.9. The van der Waals surface area contributed by atoms with Crippen LogP contribution in [0.2, 0.25) is 0 Å². The Hall–Kier alpha value is -2.81. The number of nitrogens with zero attached hydrogens (tertiary/aromatic N) is 2. The molecule has 2 aliphatic carbocycles. The Kier molecular flexibility index (Phi) is 7.69. The number of nitriles is 1. The van der Waals surface area contributed by atoms with Crippen LogP contribution in [0.15, 0.2) is 30.3 Å². The minimum Gasteiger partial charge on any atom is -0.493 e. The number of hydrogen-bond donors (Lipinski definition) is 1. The lowest BCUT2D eigenvalue weighted by molar-refractivity contribution is -0.128. The zero-order valence-corrected chi connectivity index (χ0v) is 19.2. The SMILES string of the molecule is N#CC1CCC(C(=O)C2CC=C(c3ccc(OCC4CCN(C(=O)O)CC4)cc3)CC2)CC1. The number of allylic oxidation sites excluding steroid dienone is 2. The second-order valence-corrected chi connectivity index (χ2v) is 9.83. The maximum absolute atomic E-state index is 12.9. The highest BCUT2D eigenvalue weighted by atomic mass is 16.5. The third-order valence-corrected chi connectivity index (χ3v) is 7.72. The summed E-state index contributed by atoms with van der Waals surface area (Å²) in [5.41, 5.74) is 2.50. The molecule has 6 nitrogen and oxygen atoms in total. The molecule has 0 radical (unpaired) electrons. The van der Waals surface area contributed by atoms with Crippen molar-refractivity contribution in [3.63, 3.8) is 0 Å². The first-order valence-corrected chi connectivity index (χ1v) is 12.4. The second kappa shape index (κ2) is 10.9. The monoisotopic (exact) mass is 450 g/mol. The smallest absolute Gasteiger partial charge is 0.407 e. The number of likely N-dealkylation sites (tertiary alicyclic amines) is 1. The van der Waals surface area contributed by atoms with Gasteiger partial charge in [-0.05, 0) is 87.0 Å². The summed E-state index contributed by atoms with van der Waals surface area (Å²) in [6, 6.07) is 10.6. The van der Waals surface area contributed by atoms with Gasteiger partial charge in [0, 0.05) is 30.8 Å². The lowest BCUT2D eigenvalue weighted by Crippen LogP contribution is -2.38. The number of ether oxygens (including phenoxy) is 1. The molecule has 1 aromatic carbocycles. The predicted octanol–water partition coefficient (Wildman–Crippen LogP) is 5.54. The highest BCUT2D eigenvalue weighted by Gasteiger charge is 2.31. The van der Waals surface area contributed by atoms with Crippen LogP contribution in [-0.4, -0.2) is 41.6 Å². The highest BCUT2D eigenvalue weighted by molar-refractivity contribution is 5.85. The largest absolute Gasteiger partial charge is 0.493 e. The third kappa shape index (κ3) is 5.96. The quantitative estimate of drug-likeness (QED) is 0.615. The molecular formula is C27H34N2O4. The molecule has 176 valence electrons. The minimum atomic E-state index is -0.833. The Morgan fingerprint density at radius 3 is 2.27 bits per heavy atom. The molecule has 33 heavy (non-hydrogen) atoms. The molecule has 2 fully saturated rings. The molecule has 1 aliphatic heterocycles. The molecule has 3 aliphatic rings. The van der Waals surface area contributed by atoms with Gasteiger partial charge in [-0.3, -0.25) is 4.79 Å². The number of ketones is 1. The van der Waals surface area contributed by atoms with Crippen LogP contribution in [0.5, 0.6) is 5.75 Å². The van der Waals surface area contributed by atoms with Gasteiger partial charge >= 0.3 is 6.09 Å². The molecular weight excluding hydrogens is 416 g/mol. The molecule has 1 saturated carbocycles. The van der Waals surface area contributed by atoms with E-state index in [1.54, 1.807) is 0 Å². The van der Waals surface area contributed by atoms with Crippen LogP contribution in [0.25, 0.3) is 5.57 Å². The molecule has 0 spiro atoms. The molecule has 1 aromatic rings. The van der Waals surface area contributed by atoms with Gasteiger partial charge in [0.25, 0.3) is 0 Å². The van der Waals surface area contributed by atoms with Gasteiger partial charge < -0.3 is 14.7 Å². The van der Waals surface area contributed by atoms with E-state index in [1.807, 2.05) is 12.1 Å². The lowest BCUT2D eigenvalue weighted by Gasteiger charge is -2.29. The molecule has 1 unspecified atom stereocenters. The minimum absolute atomic E-state index is 0.132. The van der Waals surface area contributed by atoms with Crippen molar-refractivity contribution >= 4 is 17.4 Å². The van der Waals surface area contributed by atoms with Gasteiger partial charge in [0.1, 0.15) is 11.5 Å². The van der Waals surface area contributed by atoms with Crippen LogP contribution in [0, 0.1) is 35.0 Å². The van der Waals surface area contributed by atoms with Crippen molar-refractivity contribution < 1.29 is 19.4 Å². The fourth-order valence-electron chi connectivity index (χ4n) is 5.47. The normalized spacial score (nSPS) is 26.2. The number of piperidine rings is 1. The molecule has 6 heteroatoms. The molecule has 1 saturated heterocycles. The average molecular weight is 451 g/mol. The van der Waals surface area contributed by atoms with Gasteiger partial charge in [-0.25, -0.2) is 4.79 Å². The van der Waals surface area contributed by atoms with Crippen molar-refractivity contribution in [2.24, 2.45) is 23.7 Å². The van der Waals surface area contributed by atoms with Gasteiger partial charge in [-0.1, -0.05) is 18.2 Å². The van der Waals surface area contributed by atoms with Crippen molar-refractivity contribution in [1.29, 1.82) is 5.26 Å². The van der Waals surface area contributed by atoms with Crippen molar-refractivity contribution in [3.05, 3.63) is 35.9 Å². The number of benzene rings is 1. The molecule has 1 heterocycles. The average Bonchev–Trinajstić information content (AvgIpc) is 2.88. The summed E-state index contributed by atoms with van der Waals surface area (Å²) in [7, 11) is 0. The van der Waals surface area contributed by atoms with Crippen LogP contribution in [0.3, 0.4) is 0 Å². The summed E-state index contributed by atoms with van der Waals surface area (Å²) in [5, 5.41) is 18.1. The lowest BCUT2D eigenvalue weighted by atomic mass is 9.74. The van der Waals surface area contributed by atoms with Gasteiger partial charge in [0.05, 0.1) is 12.7 Å². The third-order valence-electron chi connectivity index (χ3n) is 7.72. The number of amides is 1. The topological polar surface area (TPSA) is 90.6 Å². The highest BCUT2D eigenvalue weighted by Crippen LogP contribution is 2.36. The van der Waals surface area contributed by atoms with E-state index in [2.05, 4.69) is 24.3 Å². The number of carboxylic acid groups (broad SMARTS) is 1. The summed E-state index contributed by atoms with van der Waals surface area (Å²) < 4.78 is 5.96. The fourth-order valence-corrected chi connectivity index (χ4v) is 5.47. The van der Waals surface area contributed by atoms with E-state index in [0.29, 0.717) is 31.4 Å². The van der Waals surface area contributed by atoms with Crippen molar-refractivity contribution in [2.75, 3.05) is 19.7 Å².